The van der Waals surface area contributed by atoms with E-state index < -0.39 is 0 Å². The van der Waals surface area contributed by atoms with Gasteiger partial charge in [0.05, 0.1) is 20.8 Å². The van der Waals surface area contributed by atoms with Crippen LogP contribution in [0.2, 0.25) is 0 Å². The molecule has 4 heteroatoms. The summed E-state index contributed by atoms with van der Waals surface area (Å²) in [5.74, 6) is 3.12. The Bertz CT molecular complexity index is 672. The normalized spacial score (nSPS) is 16.2. The Hall–Kier alpha value is -2.20. The number of hydrogen-bond donors (Lipinski definition) is 1. The second-order valence-corrected chi connectivity index (χ2v) is 6.02. The van der Waals surface area contributed by atoms with E-state index in [1.807, 2.05) is 18.2 Å². The molecular formula is C20H25NO3. The van der Waals surface area contributed by atoms with Crippen molar-refractivity contribution in [2.45, 2.75) is 18.8 Å². The predicted octanol–water partition coefficient (Wildman–Crippen LogP) is 3.40. The number of nitrogens with one attached hydrogen (secondary N) is 1. The summed E-state index contributed by atoms with van der Waals surface area (Å²) in [6.45, 7) is 2.72. The third-order valence-electron chi connectivity index (χ3n) is 4.51. The molecule has 0 spiro atoms. The van der Waals surface area contributed by atoms with Gasteiger partial charge in [0.2, 0.25) is 0 Å². The fourth-order valence-electron chi connectivity index (χ4n) is 3.17. The maximum absolute atomic E-state index is 5.72. The van der Waals surface area contributed by atoms with Crippen molar-refractivity contribution in [2.24, 2.45) is 0 Å². The molecule has 1 aliphatic heterocycles. The zero-order chi connectivity index (χ0) is 16.8. The fraction of sp³-hybridized carbons (Fsp3) is 0.400. The van der Waals surface area contributed by atoms with Crippen molar-refractivity contribution in [1.29, 1.82) is 0 Å². The first-order valence-electron chi connectivity index (χ1n) is 8.45. The molecular weight excluding hydrogens is 302 g/mol. The summed E-state index contributed by atoms with van der Waals surface area (Å²) < 4.78 is 16.4. The van der Waals surface area contributed by atoms with E-state index in [1.165, 1.54) is 11.1 Å². The van der Waals surface area contributed by atoms with Crippen LogP contribution in [0.3, 0.4) is 0 Å². The Kier molecular flexibility index (Phi) is 5.59. The topological polar surface area (TPSA) is 39.7 Å². The van der Waals surface area contributed by atoms with Gasteiger partial charge in [0.15, 0.2) is 11.5 Å². The molecule has 0 bridgehead atoms. The molecule has 2 aromatic carbocycles. The van der Waals surface area contributed by atoms with Crippen LogP contribution in [-0.2, 0) is 6.42 Å². The standard InChI is InChI=1S/C20H25NO3/c1-22-19-8-7-15(13-20(19)23-2)9-11-21-14-16-10-12-24-18-6-4-3-5-17(16)18/h3-8,13,16,21H,9-12,14H2,1-2H3. The molecule has 1 N–H and O–H groups in total. The van der Waals surface area contributed by atoms with Crippen molar-refractivity contribution in [3.8, 4) is 17.2 Å². The van der Waals surface area contributed by atoms with Gasteiger partial charge in [0.25, 0.3) is 0 Å². The number of ether oxygens (including phenoxy) is 3. The highest BCUT2D eigenvalue weighted by atomic mass is 16.5. The molecule has 1 heterocycles. The summed E-state index contributed by atoms with van der Waals surface area (Å²) in [4.78, 5) is 0. The lowest BCUT2D eigenvalue weighted by Crippen LogP contribution is -2.27. The zero-order valence-corrected chi connectivity index (χ0v) is 14.4. The first kappa shape index (κ1) is 16.7. The minimum absolute atomic E-state index is 0.528. The maximum atomic E-state index is 5.72. The smallest absolute Gasteiger partial charge is 0.160 e. The van der Waals surface area contributed by atoms with Gasteiger partial charge in [-0.05, 0) is 48.7 Å². The van der Waals surface area contributed by atoms with E-state index in [0.29, 0.717) is 5.92 Å². The van der Waals surface area contributed by atoms with Crippen molar-refractivity contribution >= 4 is 0 Å². The summed E-state index contributed by atoms with van der Waals surface area (Å²) in [5.41, 5.74) is 2.56. The fourth-order valence-corrected chi connectivity index (χ4v) is 3.17. The van der Waals surface area contributed by atoms with Crippen molar-refractivity contribution in [3.05, 3.63) is 53.6 Å². The van der Waals surface area contributed by atoms with E-state index in [9.17, 15) is 0 Å². The Morgan fingerprint density at radius 3 is 2.75 bits per heavy atom. The second kappa shape index (κ2) is 8.06. The second-order valence-electron chi connectivity index (χ2n) is 6.02. The van der Waals surface area contributed by atoms with Crippen LogP contribution in [0.4, 0.5) is 0 Å². The summed E-state index contributed by atoms with van der Waals surface area (Å²) in [6.07, 6.45) is 2.03. The first-order chi connectivity index (χ1) is 11.8. The third-order valence-corrected chi connectivity index (χ3v) is 4.51. The van der Waals surface area contributed by atoms with E-state index in [-0.39, 0.29) is 0 Å². The molecule has 24 heavy (non-hydrogen) atoms. The first-order valence-corrected chi connectivity index (χ1v) is 8.45. The highest BCUT2D eigenvalue weighted by Gasteiger charge is 2.20. The molecule has 0 amide bonds. The van der Waals surface area contributed by atoms with Crippen LogP contribution < -0.4 is 19.5 Å². The summed E-state index contributed by atoms with van der Waals surface area (Å²) in [7, 11) is 3.33. The monoisotopic (exact) mass is 327 g/mol. The van der Waals surface area contributed by atoms with Gasteiger partial charge in [-0.2, -0.15) is 0 Å². The molecule has 0 saturated heterocycles. The highest BCUT2D eigenvalue weighted by molar-refractivity contribution is 5.43. The molecule has 1 unspecified atom stereocenters. The molecule has 0 radical (unpaired) electrons. The van der Waals surface area contributed by atoms with E-state index in [2.05, 4.69) is 29.6 Å². The average Bonchev–Trinajstić information content (AvgIpc) is 2.65. The van der Waals surface area contributed by atoms with Crippen molar-refractivity contribution < 1.29 is 14.2 Å². The molecule has 0 aliphatic carbocycles. The molecule has 1 atom stereocenters. The van der Waals surface area contributed by atoms with Crippen LogP contribution in [0.1, 0.15) is 23.5 Å². The van der Waals surface area contributed by atoms with Gasteiger partial charge in [0, 0.05) is 12.5 Å². The van der Waals surface area contributed by atoms with Crippen LogP contribution in [0, 0.1) is 0 Å². The largest absolute Gasteiger partial charge is 0.493 e. The molecule has 1 aliphatic rings. The van der Waals surface area contributed by atoms with Crippen molar-refractivity contribution in [3.63, 3.8) is 0 Å². The van der Waals surface area contributed by atoms with Crippen molar-refractivity contribution in [1.82, 2.24) is 5.32 Å². The Balaban J connectivity index is 1.51. The molecule has 0 saturated carbocycles. The lowest BCUT2D eigenvalue weighted by atomic mass is 9.93. The number of hydrogen-bond acceptors (Lipinski definition) is 4. The number of rotatable bonds is 7. The SMILES string of the molecule is COc1ccc(CCNCC2CCOc3ccccc32)cc1OC. The van der Waals surface area contributed by atoms with Gasteiger partial charge in [-0.25, -0.2) is 0 Å². The molecule has 0 fully saturated rings. The van der Waals surface area contributed by atoms with Crippen LogP contribution in [0.15, 0.2) is 42.5 Å². The van der Waals surface area contributed by atoms with Crippen molar-refractivity contribution in [2.75, 3.05) is 33.9 Å². The van der Waals surface area contributed by atoms with Gasteiger partial charge < -0.3 is 19.5 Å². The number of para-hydroxylation sites is 1. The molecule has 0 aromatic heterocycles. The zero-order valence-electron chi connectivity index (χ0n) is 14.4. The van der Waals surface area contributed by atoms with Crippen LogP contribution >= 0.6 is 0 Å². The Morgan fingerprint density at radius 2 is 1.92 bits per heavy atom. The molecule has 4 nitrogen and oxygen atoms in total. The molecule has 2 aromatic rings. The number of benzene rings is 2. The molecule has 128 valence electrons. The average molecular weight is 327 g/mol. The number of fused-ring (bicyclic) bond motifs is 1. The highest BCUT2D eigenvalue weighted by Crippen LogP contribution is 2.32. The molecule has 3 rings (SSSR count). The van der Waals surface area contributed by atoms with Gasteiger partial charge in [-0.15, -0.1) is 0 Å². The van der Waals surface area contributed by atoms with Gasteiger partial charge in [-0.3, -0.25) is 0 Å². The van der Waals surface area contributed by atoms with Gasteiger partial charge in [-0.1, -0.05) is 24.3 Å². The summed E-state index contributed by atoms with van der Waals surface area (Å²) in [6, 6.07) is 14.5. The minimum atomic E-state index is 0.528. The predicted molar refractivity (Wildman–Crippen MR) is 95.4 cm³/mol. The third kappa shape index (κ3) is 3.82. The minimum Gasteiger partial charge on any atom is -0.493 e. The Morgan fingerprint density at radius 1 is 1.08 bits per heavy atom. The van der Waals surface area contributed by atoms with E-state index >= 15 is 0 Å². The lowest BCUT2D eigenvalue weighted by Gasteiger charge is -2.26. The number of methoxy groups -OCH3 is 2. The Labute approximate surface area is 143 Å². The summed E-state index contributed by atoms with van der Waals surface area (Å²) >= 11 is 0. The van der Waals surface area contributed by atoms with Crippen LogP contribution in [-0.4, -0.2) is 33.9 Å². The van der Waals surface area contributed by atoms with Crippen LogP contribution in [0.25, 0.3) is 0 Å². The van der Waals surface area contributed by atoms with E-state index in [1.54, 1.807) is 14.2 Å². The summed E-state index contributed by atoms with van der Waals surface area (Å²) in [5, 5.41) is 3.58. The quantitative estimate of drug-likeness (QED) is 0.791. The maximum Gasteiger partial charge on any atom is 0.160 e. The lowest BCUT2D eigenvalue weighted by molar-refractivity contribution is 0.265. The van der Waals surface area contributed by atoms with E-state index in [0.717, 1.165) is 49.8 Å². The van der Waals surface area contributed by atoms with Gasteiger partial charge >= 0.3 is 0 Å². The van der Waals surface area contributed by atoms with Crippen LogP contribution in [0.5, 0.6) is 17.2 Å². The van der Waals surface area contributed by atoms with E-state index in [4.69, 9.17) is 14.2 Å². The van der Waals surface area contributed by atoms with Gasteiger partial charge in [0.1, 0.15) is 5.75 Å².